The van der Waals surface area contributed by atoms with Gasteiger partial charge in [-0.25, -0.2) is 9.59 Å². The monoisotopic (exact) mass is 605 g/mol. The molecule has 4 atom stereocenters. The molecule has 2 aromatic rings. The van der Waals surface area contributed by atoms with Crippen molar-refractivity contribution in [3.8, 4) is 10.4 Å². The Hall–Kier alpha value is -2.77. The summed E-state index contributed by atoms with van der Waals surface area (Å²) in [5, 5.41) is 2.87. The number of nitrogens with one attached hydrogen (secondary N) is 1. The number of nitrogens with zero attached hydrogens (tertiary/aromatic N) is 2. The average molecular weight is 606 g/mol. The number of carbonyl (C=O) groups excluding carboxylic acids is 2. The Balaban J connectivity index is 1.51. The maximum Gasteiger partial charge on any atom is 0.410 e. The van der Waals surface area contributed by atoms with Crippen molar-refractivity contribution in [2.75, 3.05) is 53.4 Å². The molecule has 2 aliphatic rings. The molecule has 0 bridgehead atoms. The lowest BCUT2D eigenvalue weighted by Gasteiger charge is -2.30. The van der Waals surface area contributed by atoms with Crippen LogP contribution in [0.1, 0.15) is 39.2 Å². The van der Waals surface area contributed by atoms with E-state index in [1.54, 1.807) is 28.9 Å². The van der Waals surface area contributed by atoms with Gasteiger partial charge in [0.1, 0.15) is 18.5 Å². The Morgan fingerprint density at radius 3 is 2.67 bits per heavy atom. The maximum absolute atomic E-state index is 13.4. The Labute approximate surface area is 251 Å². The highest BCUT2D eigenvalue weighted by Crippen LogP contribution is 2.30. The lowest BCUT2D eigenvalue weighted by Crippen LogP contribution is -2.46. The Bertz CT molecular complexity index is 1100. The first-order chi connectivity index (χ1) is 20.2. The van der Waals surface area contributed by atoms with Crippen LogP contribution in [0.3, 0.4) is 0 Å². The van der Waals surface area contributed by atoms with Crippen LogP contribution < -0.4 is 5.32 Å². The topological polar surface area (TPSA) is 118 Å². The Morgan fingerprint density at radius 1 is 1.19 bits per heavy atom. The van der Waals surface area contributed by atoms with Crippen molar-refractivity contribution in [3.05, 3.63) is 41.5 Å². The molecule has 0 radical (unpaired) electrons. The third-order valence-corrected chi connectivity index (χ3v) is 7.97. The van der Waals surface area contributed by atoms with Gasteiger partial charge >= 0.3 is 12.2 Å². The van der Waals surface area contributed by atoms with E-state index < -0.39 is 36.0 Å². The van der Waals surface area contributed by atoms with Crippen molar-refractivity contribution >= 4 is 23.5 Å². The number of carbonyl (C=O) groups is 2. The normalized spacial score (nSPS) is 22.3. The lowest BCUT2D eigenvalue weighted by atomic mass is 9.99. The zero-order valence-corrected chi connectivity index (χ0v) is 25.7. The molecular formula is C30H43N3O8S. The number of hydrogen-bond acceptors (Lipinski definition) is 10. The predicted octanol–water partition coefficient (Wildman–Crippen LogP) is 4.50. The third kappa shape index (κ3) is 9.63. The highest BCUT2D eigenvalue weighted by atomic mass is 32.1. The molecule has 232 valence electrons. The van der Waals surface area contributed by atoms with Gasteiger partial charge in [0.05, 0.1) is 36.2 Å². The summed E-state index contributed by atoms with van der Waals surface area (Å²) < 4.78 is 33.8. The molecule has 4 rings (SSSR count). The molecule has 3 heterocycles. The van der Waals surface area contributed by atoms with Crippen molar-refractivity contribution in [1.29, 1.82) is 0 Å². The van der Waals surface area contributed by atoms with Crippen LogP contribution in [0.25, 0.3) is 10.4 Å². The second kappa shape index (κ2) is 15.6. The summed E-state index contributed by atoms with van der Waals surface area (Å²) in [7, 11) is 1.59. The van der Waals surface area contributed by atoms with Crippen molar-refractivity contribution in [2.24, 2.45) is 5.92 Å². The van der Waals surface area contributed by atoms with Gasteiger partial charge < -0.3 is 33.7 Å². The van der Waals surface area contributed by atoms with Crippen molar-refractivity contribution in [3.63, 3.8) is 0 Å². The molecule has 1 aromatic carbocycles. The number of benzene rings is 1. The molecule has 2 amide bonds. The van der Waals surface area contributed by atoms with Gasteiger partial charge in [-0.2, -0.15) is 0 Å². The van der Waals surface area contributed by atoms with E-state index in [0.717, 1.165) is 35.5 Å². The number of likely N-dealkylation sites (tertiary alicyclic amines) is 1. The van der Waals surface area contributed by atoms with E-state index in [2.05, 4.69) is 10.3 Å². The van der Waals surface area contributed by atoms with Gasteiger partial charge in [0.2, 0.25) is 0 Å². The van der Waals surface area contributed by atoms with Crippen LogP contribution in [0.5, 0.6) is 0 Å². The van der Waals surface area contributed by atoms with Gasteiger partial charge in [0.25, 0.3) is 0 Å². The smallest absolute Gasteiger partial charge is 0.410 e. The molecule has 0 spiro atoms. The van der Waals surface area contributed by atoms with Crippen LogP contribution in [-0.2, 0) is 34.8 Å². The van der Waals surface area contributed by atoms with Crippen molar-refractivity contribution in [2.45, 2.75) is 63.9 Å². The third-order valence-electron chi connectivity index (χ3n) is 7.15. The van der Waals surface area contributed by atoms with E-state index in [9.17, 15) is 9.59 Å². The van der Waals surface area contributed by atoms with Gasteiger partial charge in [0.15, 0.2) is 6.10 Å². The molecule has 2 saturated heterocycles. The number of methoxy groups -OCH3 is 1. The summed E-state index contributed by atoms with van der Waals surface area (Å²) in [6, 6.07) is 7.58. The molecule has 0 unspecified atom stereocenters. The summed E-state index contributed by atoms with van der Waals surface area (Å²) in [6.07, 6.45) is 1.67. The zero-order chi connectivity index (χ0) is 30.0. The number of alkyl carbamates (subject to hydrolysis) is 1. The summed E-state index contributed by atoms with van der Waals surface area (Å²) in [4.78, 5) is 33.3. The molecule has 2 aliphatic heterocycles. The maximum atomic E-state index is 13.4. The fourth-order valence-electron chi connectivity index (χ4n) is 5.01. The minimum absolute atomic E-state index is 0.0321. The molecule has 1 N–H and O–H groups in total. The first-order valence-corrected chi connectivity index (χ1v) is 15.3. The summed E-state index contributed by atoms with van der Waals surface area (Å²) in [6.45, 7) is 8.35. The van der Waals surface area contributed by atoms with Gasteiger partial charge in [-0.3, -0.25) is 9.88 Å². The zero-order valence-electron chi connectivity index (χ0n) is 24.9. The van der Waals surface area contributed by atoms with E-state index in [4.69, 9.17) is 28.4 Å². The van der Waals surface area contributed by atoms with Crippen LogP contribution in [0, 0.1) is 5.92 Å². The molecule has 0 aliphatic carbocycles. The van der Waals surface area contributed by atoms with E-state index in [-0.39, 0.29) is 13.3 Å². The standard InChI is InChI=1S/C30H43N3O8S/c1-30(2,3)41-29(35)33-17-25(39-20-38-14-13-36-4)27(40-28(34)32-11-9-22-10-12-37-18-22)24(33)15-21-5-7-23(8-6-21)26-16-31-19-42-26/h5-8,16,19,22,24-25,27H,9-15,17-18,20H2,1-4H3,(H,32,34)/t22-,24-,25+,27+/m1/s1. The van der Waals surface area contributed by atoms with E-state index in [1.165, 1.54) is 0 Å². The summed E-state index contributed by atoms with van der Waals surface area (Å²) >= 11 is 1.57. The number of hydrogen-bond donors (Lipinski definition) is 1. The number of rotatable bonds is 13. The molecule has 42 heavy (non-hydrogen) atoms. The summed E-state index contributed by atoms with van der Waals surface area (Å²) in [5.41, 5.74) is 3.14. The van der Waals surface area contributed by atoms with Crippen LogP contribution in [0.2, 0.25) is 0 Å². The fourth-order valence-corrected chi connectivity index (χ4v) is 5.64. The highest BCUT2D eigenvalue weighted by Gasteiger charge is 2.48. The van der Waals surface area contributed by atoms with Crippen molar-refractivity contribution < 1.29 is 38.0 Å². The minimum Gasteiger partial charge on any atom is -0.444 e. The summed E-state index contributed by atoms with van der Waals surface area (Å²) in [5.74, 6) is 0.431. The number of thiazole rings is 1. The fraction of sp³-hybridized carbons (Fsp3) is 0.633. The van der Waals surface area contributed by atoms with Crippen LogP contribution in [0.4, 0.5) is 9.59 Å². The van der Waals surface area contributed by atoms with Crippen LogP contribution in [-0.4, -0.2) is 99.3 Å². The second-order valence-electron chi connectivity index (χ2n) is 11.5. The van der Waals surface area contributed by atoms with Crippen molar-refractivity contribution in [1.82, 2.24) is 15.2 Å². The number of aromatic nitrogens is 1. The van der Waals surface area contributed by atoms with Crippen LogP contribution >= 0.6 is 11.3 Å². The number of ether oxygens (including phenoxy) is 6. The molecular weight excluding hydrogens is 562 g/mol. The predicted molar refractivity (Wildman–Crippen MR) is 157 cm³/mol. The van der Waals surface area contributed by atoms with Crippen LogP contribution in [0.15, 0.2) is 36.0 Å². The van der Waals surface area contributed by atoms with E-state index >= 15 is 0 Å². The van der Waals surface area contributed by atoms with Gasteiger partial charge in [-0.1, -0.05) is 24.3 Å². The Kier molecular flexibility index (Phi) is 12.0. The first kappa shape index (κ1) is 32.2. The average Bonchev–Trinajstić information content (AvgIpc) is 3.72. The second-order valence-corrected chi connectivity index (χ2v) is 12.4. The molecule has 11 nitrogen and oxygen atoms in total. The Morgan fingerprint density at radius 2 is 2.00 bits per heavy atom. The molecule has 1 aromatic heterocycles. The molecule has 0 saturated carbocycles. The highest BCUT2D eigenvalue weighted by molar-refractivity contribution is 7.13. The molecule has 2 fully saturated rings. The van der Waals surface area contributed by atoms with E-state index in [0.29, 0.717) is 38.7 Å². The van der Waals surface area contributed by atoms with Gasteiger partial charge in [-0.15, -0.1) is 11.3 Å². The number of amides is 2. The molecule has 12 heteroatoms. The van der Waals surface area contributed by atoms with Gasteiger partial charge in [-0.05, 0) is 57.1 Å². The lowest BCUT2D eigenvalue weighted by molar-refractivity contribution is -0.119. The largest absolute Gasteiger partial charge is 0.444 e. The SMILES string of the molecule is COCCOCO[C@H]1CN(C(=O)OC(C)(C)C)[C@H](Cc2ccc(-c3cncs3)cc2)[C@@H]1OC(=O)NCC[C@@H]1CCOC1. The van der Waals surface area contributed by atoms with Gasteiger partial charge in [0, 0.05) is 33.1 Å². The minimum atomic E-state index is -0.750. The first-order valence-electron chi connectivity index (χ1n) is 14.4. The quantitative estimate of drug-likeness (QED) is 0.260. The van der Waals surface area contributed by atoms with E-state index in [1.807, 2.05) is 51.2 Å².